The Morgan fingerprint density at radius 1 is 1.40 bits per heavy atom. The van der Waals surface area contributed by atoms with Crippen LogP contribution in [-0.2, 0) is 4.79 Å². The van der Waals surface area contributed by atoms with Crippen LogP contribution in [0.5, 0.6) is 0 Å². The summed E-state index contributed by atoms with van der Waals surface area (Å²) in [7, 11) is 0. The van der Waals surface area contributed by atoms with E-state index in [2.05, 4.69) is 5.73 Å². The standard InChI is InChI=1S/C4H6F3NO2/c5-1(3(6)7)2(8)4(9)10/h1-3H,8H2,(H,9,10). The molecule has 10 heavy (non-hydrogen) atoms. The van der Waals surface area contributed by atoms with Crippen molar-refractivity contribution >= 4 is 5.97 Å². The van der Waals surface area contributed by atoms with E-state index in [1.807, 2.05) is 0 Å². The van der Waals surface area contributed by atoms with Crippen molar-refractivity contribution in [1.29, 1.82) is 0 Å². The van der Waals surface area contributed by atoms with Crippen LogP contribution in [0, 0.1) is 0 Å². The Hall–Kier alpha value is -0.780. The fraction of sp³-hybridized carbons (Fsp3) is 0.750. The van der Waals surface area contributed by atoms with Crippen LogP contribution in [0.1, 0.15) is 0 Å². The number of nitrogens with two attached hydrogens (primary N) is 1. The molecule has 0 aliphatic carbocycles. The Balaban J connectivity index is 3.94. The molecule has 0 spiro atoms. The second-order valence-electron chi connectivity index (χ2n) is 1.64. The summed E-state index contributed by atoms with van der Waals surface area (Å²) in [6.07, 6.45) is -6.14. The average molecular weight is 157 g/mol. The summed E-state index contributed by atoms with van der Waals surface area (Å²) in [6.45, 7) is 0. The van der Waals surface area contributed by atoms with Crippen LogP contribution in [0.2, 0.25) is 0 Å². The summed E-state index contributed by atoms with van der Waals surface area (Å²) in [4.78, 5) is 9.75. The number of carboxylic acid groups (broad SMARTS) is 1. The van der Waals surface area contributed by atoms with E-state index in [0.717, 1.165) is 0 Å². The maximum atomic E-state index is 11.9. The molecular weight excluding hydrogens is 151 g/mol. The minimum Gasteiger partial charge on any atom is -0.480 e. The zero-order valence-corrected chi connectivity index (χ0v) is 4.80. The summed E-state index contributed by atoms with van der Waals surface area (Å²) in [6, 6.07) is -2.14. The minimum atomic E-state index is -3.34. The third-order valence-electron chi connectivity index (χ3n) is 0.869. The molecule has 2 unspecified atom stereocenters. The number of rotatable bonds is 3. The van der Waals surface area contributed by atoms with Crippen LogP contribution in [0.25, 0.3) is 0 Å². The normalized spacial score (nSPS) is 16.9. The van der Waals surface area contributed by atoms with Crippen molar-refractivity contribution in [3.63, 3.8) is 0 Å². The first-order valence-corrected chi connectivity index (χ1v) is 2.37. The van der Waals surface area contributed by atoms with Crippen LogP contribution in [-0.4, -0.2) is 29.7 Å². The van der Waals surface area contributed by atoms with Gasteiger partial charge in [-0.3, -0.25) is 4.79 Å². The molecule has 0 aliphatic rings. The van der Waals surface area contributed by atoms with E-state index in [4.69, 9.17) is 5.11 Å². The molecule has 0 fully saturated rings. The van der Waals surface area contributed by atoms with Crippen molar-refractivity contribution in [2.24, 2.45) is 5.73 Å². The van der Waals surface area contributed by atoms with E-state index in [1.54, 1.807) is 0 Å². The quantitative estimate of drug-likeness (QED) is 0.606. The zero-order valence-electron chi connectivity index (χ0n) is 4.80. The van der Waals surface area contributed by atoms with Crippen LogP contribution in [0.3, 0.4) is 0 Å². The molecule has 0 rings (SSSR count). The van der Waals surface area contributed by atoms with E-state index >= 15 is 0 Å². The predicted molar refractivity (Wildman–Crippen MR) is 26.5 cm³/mol. The van der Waals surface area contributed by atoms with Gasteiger partial charge in [0.1, 0.15) is 6.04 Å². The molecule has 3 N–H and O–H groups in total. The molecule has 0 radical (unpaired) electrons. The number of carboxylic acids is 1. The van der Waals surface area contributed by atoms with Crippen molar-refractivity contribution in [1.82, 2.24) is 0 Å². The molecule has 2 atom stereocenters. The van der Waals surface area contributed by atoms with Crippen molar-refractivity contribution in [3.8, 4) is 0 Å². The number of carbonyl (C=O) groups is 1. The minimum absolute atomic E-state index is 1.77. The topological polar surface area (TPSA) is 63.3 Å². The number of aliphatic carboxylic acids is 1. The highest BCUT2D eigenvalue weighted by molar-refractivity contribution is 5.73. The number of hydrogen-bond donors (Lipinski definition) is 2. The fourth-order valence-corrected chi connectivity index (χ4v) is 0.293. The van der Waals surface area contributed by atoms with Gasteiger partial charge in [-0.2, -0.15) is 0 Å². The lowest BCUT2D eigenvalue weighted by molar-refractivity contribution is -0.142. The van der Waals surface area contributed by atoms with Gasteiger partial charge in [-0.15, -0.1) is 0 Å². The van der Waals surface area contributed by atoms with Crippen LogP contribution in [0.4, 0.5) is 13.2 Å². The summed E-state index contributed by atoms with van der Waals surface area (Å²) in [5.41, 5.74) is 4.51. The monoisotopic (exact) mass is 157 g/mol. The van der Waals surface area contributed by atoms with Gasteiger partial charge in [-0.05, 0) is 0 Å². The SMILES string of the molecule is NC(C(=O)O)C(F)C(F)F. The highest BCUT2D eigenvalue weighted by atomic mass is 19.3. The molecule has 0 aromatic heterocycles. The second-order valence-corrected chi connectivity index (χ2v) is 1.64. The highest BCUT2D eigenvalue weighted by Crippen LogP contribution is 2.08. The third kappa shape index (κ3) is 2.22. The van der Waals surface area contributed by atoms with E-state index in [0.29, 0.717) is 0 Å². The Labute approximate surface area is 54.6 Å². The van der Waals surface area contributed by atoms with E-state index < -0.39 is 24.6 Å². The van der Waals surface area contributed by atoms with Gasteiger partial charge in [0, 0.05) is 0 Å². The second kappa shape index (κ2) is 3.40. The van der Waals surface area contributed by atoms with Gasteiger partial charge in [0.05, 0.1) is 0 Å². The van der Waals surface area contributed by atoms with Gasteiger partial charge >= 0.3 is 5.97 Å². The number of alkyl halides is 3. The molecule has 0 aliphatic heterocycles. The third-order valence-corrected chi connectivity index (χ3v) is 0.869. The molecule has 0 saturated heterocycles. The number of hydrogen-bond acceptors (Lipinski definition) is 2. The molecule has 0 bridgehead atoms. The highest BCUT2D eigenvalue weighted by Gasteiger charge is 2.31. The molecule has 6 heteroatoms. The molecule has 0 aromatic carbocycles. The average Bonchev–Trinajstić information content (AvgIpc) is 1.84. The fourth-order valence-electron chi connectivity index (χ4n) is 0.293. The van der Waals surface area contributed by atoms with Crippen molar-refractivity contribution in [3.05, 3.63) is 0 Å². The zero-order chi connectivity index (χ0) is 8.31. The van der Waals surface area contributed by atoms with Gasteiger partial charge in [0.25, 0.3) is 6.43 Å². The summed E-state index contributed by atoms with van der Waals surface area (Å²) >= 11 is 0. The molecular formula is C4H6F3NO2. The van der Waals surface area contributed by atoms with Crippen LogP contribution < -0.4 is 5.73 Å². The van der Waals surface area contributed by atoms with Gasteiger partial charge in [-0.25, -0.2) is 13.2 Å². The predicted octanol–water partition coefficient (Wildman–Crippen LogP) is 0.00150. The Kier molecular flexibility index (Phi) is 3.14. The lowest BCUT2D eigenvalue weighted by Gasteiger charge is -2.09. The van der Waals surface area contributed by atoms with Gasteiger partial charge < -0.3 is 10.8 Å². The molecule has 0 saturated carbocycles. The molecule has 0 heterocycles. The maximum Gasteiger partial charge on any atom is 0.323 e. The van der Waals surface area contributed by atoms with E-state index in [1.165, 1.54) is 0 Å². The van der Waals surface area contributed by atoms with Gasteiger partial charge in [-0.1, -0.05) is 0 Å². The Morgan fingerprint density at radius 3 is 1.90 bits per heavy atom. The molecule has 0 amide bonds. The molecule has 3 nitrogen and oxygen atoms in total. The summed E-state index contributed by atoms with van der Waals surface area (Å²) in [5, 5.41) is 7.90. The molecule has 0 aromatic rings. The Morgan fingerprint density at radius 2 is 1.80 bits per heavy atom. The van der Waals surface area contributed by atoms with Crippen molar-refractivity contribution in [2.75, 3.05) is 0 Å². The van der Waals surface area contributed by atoms with Crippen LogP contribution >= 0.6 is 0 Å². The largest absolute Gasteiger partial charge is 0.480 e. The molecule has 60 valence electrons. The number of halogens is 3. The summed E-state index contributed by atoms with van der Waals surface area (Å²) < 4.78 is 34.6. The van der Waals surface area contributed by atoms with Gasteiger partial charge in [0.15, 0.2) is 6.17 Å². The maximum absolute atomic E-state index is 11.9. The van der Waals surface area contributed by atoms with Crippen LogP contribution in [0.15, 0.2) is 0 Å². The van der Waals surface area contributed by atoms with Crippen molar-refractivity contribution < 1.29 is 23.1 Å². The smallest absolute Gasteiger partial charge is 0.323 e. The first kappa shape index (κ1) is 9.22. The lowest BCUT2D eigenvalue weighted by atomic mass is 10.2. The van der Waals surface area contributed by atoms with E-state index in [9.17, 15) is 18.0 Å². The first-order valence-electron chi connectivity index (χ1n) is 2.37. The van der Waals surface area contributed by atoms with E-state index in [-0.39, 0.29) is 0 Å². The Bertz CT molecular complexity index is 130. The van der Waals surface area contributed by atoms with Gasteiger partial charge in [0.2, 0.25) is 0 Å². The summed E-state index contributed by atoms with van der Waals surface area (Å²) in [5.74, 6) is -1.77. The van der Waals surface area contributed by atoms with Crippen molar-refractivity contribution in [2.45, 2.75) is 18.6 Å². The first-order chi connectivity index (χ1) is 4.46. The lowest BCUT2D eigenvalue weighted by Crippen LogP contribution is -2.43.